The molecule has 0 saturated heterocycles. The molecule has 0 heterocycles. The minimum atomic E-state index is -0.0245. The van der Waals surface area contributed by atoms with E-state index < -0.39 is 0 Å². The third-order valence-electron chi connectivity index (χ3n) is 4.11. The van der Waals surface area contributed by atoms with Gasteiger partial charge in [0.15, 0.2) is 0 Å². The summed E-state index contributed by atoms with van der Waals surface area (Å²) < 4.78 is 1.23. The number of halogens is 1. The molecule has 3 rings (SSSR count). The highest BCUT2D eigenvalue weighted by Crippen LogP contribution is 2.36. The highest BCUT2D eigenvalue weighted by molar-refractivity contribution is 14.1. The zero-order chi connectivity index (χ0) is 13.2. The van der Waals surface area contributed by atoms with Crippen molar-refractivity contribution in [2.24, 2.45) is 5.73 Å². The zero-order valence-corrected chi connectivity index (χ0v) is 13.0. The second kappa shape index (κ2) is 5.63. The summed E-state index contributed by atoms with van der Waals surface area (Å²) in [5, 5.41) is 0. The molecule has 2 aromatic rings. The fraction of sp³-hybridized carbons (Fsp3) is 0.294. The molecule has 1 aliphatic carbocycles. The lowest BCUT2D eigenvalue weighted by atomic mass is 9.79. The van der Waals surface area contributed by atoms with Gasteiger partial charge in [-0.15, -0.1) is 0 Å². The van der Waals surface area contributed by atoms with E-state index in [2.05, 4.69) is 71.1 Å². The van der Waals surface area contributed by atoms with E-state index in [4.69, 9.17) is 5.73 Å². The van der Waals surface area contributed by atoms with Gasteiger partial charge in [-0.1, -0.05) is 48.9 Å². The summed E-state index contributed by atoms with van der Waals surface area (Å²) >= 11 is 2.35. The first kappa shape index (κ1) is 13.1. The summed E-state index contributed by atoms with van der Waals surface area (Å²) in [4.78, 5) is 0. The van der Waals surface area contributed by atoms with Crippen molar-refractivity contribution in [2.45, 2.75) is 31.2 Å². The van der Waals surface area contributed by atoms with E-state index in [1.165, 1.54) is 39.5 Å². The monoisotopic (exact) mass is 363 g/mol. The highest BCUT2D eigenvalue weighted by Gasteiger charge is 2.19. The second-order valence-corrected chi connectivity index (χ2v) is 6.46. The Labute approximate surface area is 128 Å². The molecular formula is C17H18IN. The van der Waals surface area contributed by atoms with Gasteiger partial charge < -0.3 is 5.73 Å². The third-order valence-corrected chi connectivity index (χ3v) is 5.09. The summed E-state index contributed by atoms with van der Waals surface area (Å²) in [5.41, 5.74) is 10.3. The van der Waals surface area contributed by atoms with Crippen LogP contribution in [0.2, 0.25) is 0 Å². The number of rotatable bonds is 3. The minimum Gasteiger partial charge on any atom is -0.320 e. The number of nitrogens with two attached hydrogens (primary N) is 1. The van der Waals surface area contributed by atoms with Crippen molar-refractivity contribution < 1.29 is 0 Å². The Bertz CT molecular complexity index is 558. The minimum absolute atomic E-state index is 0.0245. The van der Waals surface area contributed by atoms with E-state index >= 15 is 0 Å². The average molecular weight is 363 g/mol. The Balaban J connectivity index is 1.83. The zero-order valence-electron chi connectivity index (χ0n) is 10.9. The van der Waals surface area contributed by atoms with Crippen molar-refractivity contribution in [1.82, 2.24) is 0 Å². The van der Waals surface area contributed by atoms with Gasteiger partial charge in [-0.25, -0.2) is 0 Å². The molecule has 0 spiro atoms. The van der Waals surface area contributed by atoms with Crippen molar-refractivity contribution in [3.8, 4) is 0 Å². The van der Waals surface area contributed by atoms with Gasteiger partial charge in [-0.2, -0.15) is 0 Å². The summed E-state index contributed by atoms with van der Waals surface area (Å²) in [6, 6.07) is 17.2. The Morgan fingerprint density at radius 3 is 2.26 bits per heavy atom. The van der Waals surface area contributed by atoms with Crippen LogP contribution in [0.1, 0.15) is 47.9 Å². The van der Waals surface area contributed by atoms with Gasteiger partial charge in [0.1, 0.15) is 0 Å². The largest absolute Gasteiger partial charge is 0.320 e. The SMILES string of the molecule is NC(c1ccc(C2CCC2)cc1)c1ccccc1I. The lowest BCUT2D eigenvalue weighted by molar-refractivity contribution is 0.419. The van der Waals surface area contributed by atoms with Gasteiger partial charge in [0.05, 0.1) is 6.04 Å². The van der Waals surface area contributed by atoms with Crippen molar-refractivity contribution in [3.05, 3.63) is 68.8 Å². The first-order chi connectivity index (χ1) is 9.25. The normalized spacial score (nSPS) is 16.9. The van der Waals surface area contributed by atoms with E-state index in [0.717, 1.165) is 5.92 Å². The van der Waals surface area contributed by atoms with Crippen molar-refractivity contribution >= 4 is 22.6 Å². The quantitative estimate of drug-likeness (QED) is 0.792. The first-order valence-electron chi connectivity index (χ1n) is 6.85. The second-order valence-electron chi connectivity index (χ2n) is 5.29. The van der Waals surface area contributed by atoms with Crippen LogP contribution in [0.3, 0.4) is 0 Å². The predicted molar refractivity (Wildman–Crippen MR) is 88.2 cm³/mol. The molecule has 0 aliphatic heterocycles. The molecule has 0 amide bonds. The molecule has 1 saturated carbocycles. The molecule has 1 nitrogen and oxygen atoms in total. The van der Waals surface area contributed by atoms with E-state index in [1.807, 2.05) is 0 Å². The van der Waals surface area contributed by atoms with Crippen LogP contribution >= 0.6 is 22.6 Å². The summed E-state index contributed by atoms with van der Waals surface area (Å²) in [7, 11) is 0. The third kappa shape index (κ3) is 2.70. The number of hydrogen-bond acceptors (Lipinski definition) is 1. The maximum atomic E-state index is 6.38. The summed E-state index contributed by atoms with van der Waals surface area (Å²) in [6.07, 6.45) is 4.08. The molecule has 0 bridgehead atoms. The number of benzene rings is 2. The number of hydrogen-bond donors (Lipinski definition) is 1. The Morgan fingerprint density at radius 1 is 1.00 bits per heavy atom. The Hall–Kier alpha value is -0.870. The molecule has 1 fully saturated rings. The van der Waals surface area contributed by atoms with Crippen LogP contribution < -0.4 is 5.73 Å². The van der Waals surface area contributed by atoms with Gasteiger partial charge in [0.25, 0.3) is 0 Å². The molecule has 19 heavy (non-hydrogen) atoms. The maximum Gasteiger partial charge on any atom is 0.0562 e. The van der Waals surface area contributed by atoms with Crippen LogP contribution in [0.5, 0.6) is 0 Å². The fourth-order valence-electron chi connectivity index (χ4n) is 2.62. The molecule has 1 aliphatic rings. The highest BCUT2D eigenvalue weighted by atomic mass is 127. The molecule has 98 valence electrons. The maximum absolute atomic E-state index is 6.38. The molecule has 0 radical (unpaired) electrons. The average Bonchev–Trinajstić information content (AvgIpc) is 2.37. The lowest BCUT2D eigenvalue weighted by Crippen LogP contribution is -2.14. The van der Waals surface area contributed by atoms with E-state index in [1.54, 1.807) is 0 Å². The molecule has 1 unspecified atom stereocenters. The predicted octanol–water partition coefficient (Wildman–Crippen LogP) is 4.61. The van der Waals surface area contributed by atoms with Gasteiger partial charge in [0.2, 0.25) is 0 Å². The topological polar surface area (TPSA) is 26.0 Å². The first-order valence-corrected chi connectivity index (χ1v) is 7.93. The van der Waals surface area contributed by atoms with Gasteiger partial charge in [0, 0.05) is 3.57 Å². The van der Waals surface area contributed by atoms with E-state index in [9.17, 15) is 0 Å². The van der Waals surface area contributed by atoms with Crippen molar-refractivity contribution in [3.63, 3.8) is 0 Å². The molecule has 2 N–H and O–H groups in total. The van der Waals surface area contributed by atoms with Crippen LogP contribution in [-0.4, -0.2) is 0 Å². The summed E-state index contributed by atoms with van der Waals surface area (Å²) in [6.45, 7) is 0. The molecule has 2 heteroatoms. The van der Waals surface area contributed by atoms with Crippen molar-refractivity contribution in [2.75, 3.05) is 0 Å². The molecule has 1 atom stereocenters. The molecule has 0 aromatic heterocycles. The van der Waals surface area contributed by atoms with Crippen LogP contribution in [0.25, 0.3) is 0 Å². The Morgan fingerprint density at radius 2 is 1.68 bits per heavy atom. The van der Waals surface area contributed by atoms with Crippen LogP contribution in [0.4, 0.5) is 0 Å². The fourth-order valence-corrected chi connectivity index (χ4v) is 3.35. The van der Waals surface area contributed by atoms with Crippen molar-refractivity contribution in [1.29, 1.82) is 0 Å². The van der Waals surface area contributed by atoms with E-state index in [0.29, 0.717) is 0 Å². The Kier molecular flexibility index (Phi) is 3.89. The summed E-state index contributed by atoms with van der Waals surface area (Å²) in [5.74, 6) is 0.794. The smallest absolute Gasteiger partial charge is 0.0562 e. The lowest BCUT2D eigenvalue weighted by Gasteiger charge is -2.26. The standard InChI is InChI=1S/C17H18IN/c18-16-7-2-1-6-15(16)17(19)14-10-8-13(9-11-14)12-4-3-5-12/h1-2,6-12,17H,3-5,19H2. The van der Waals surface area contributed by atoms with Gasteiger partial charge >= 0.3 is 0 Å². The van der Waals surface area contributed by atoms with Crippen LogP contribution in [0, 0.1) is 3.57 Å². The van der Waals surface area contributed by atoms with Gasteiger partial charge in [-0.05, 0) is 64.1 Å². The van der Waals surface area contributed by atoms with Gasteiger partial charge in [-0.3, -0.25) is 0 Å². The van der Waals surface area contributed by atoms with Crippen LogP contribution in [0.15, 0.2) is 48.5 Å². The van der Waals surface area contributed by atoms with Crippen LogP contribution in [-0.2, 0) is 0 Å². The van der Waals surface area contributed by atoms with E-state index in [-0.39, 0.29) is 6.04 Å². The molecular weight excluding hydrogens is 345 g/mol. The molecule has 2 aromatic carbocycles.